The Morgan fingerprint density at radius 2 is 2.24 bits per heavy atom. The van der Waals surface area contributed by atoms with Crippen LogP contribution in [0.15, 0.2) is 0 Å². The molecular weight excluding hydrogens is 256 g/mol. The number of nitrogens with zero attached hydrogens (tertiary/aromatic N) is 1. The number of aromatic nitrogens is 1. The Bertz CT molecular complexity index is 429. The number of aryl methyl sites for hydroxylation is 1. The molecule has 0 aliphatic heterocycles. The first kappa shape index (κ1) is 14.3. The van der Waals surface area contributed by atoms with Gasteiger partial charge in [-0.2, -0.15) is 4.37 Å². The smallest absolute Gasteiger partial charge is 0.164 e. The van der Waals surface area contributed by atoms with Gasteiger partial charge in [-0.05, 0) is 31.8 Å². The number of ketones is 1. The fourth-order valence-electron chi connectivity index (χ4n) is 1.46. The molecule has 1 N–H and O–H groups in total. The molecule has 0 aliphatic carbocycles. The van der Waals surface area contributed by atoms with Crippen LogP contribution >= 0.6 is 11.5 Å². The first-order valence-electron chi connectivity index (χ1n) is 5.46. The quantitative estimate of drug-likeness (QED) is 0.808. The molecule has 6 heteroatoms. The molecule has 2 unspecified atom stereocenters. The van der Waals surface area contributed by atoms with Gasteiger partial charge in [0.2, 0.25) is 0 Å². The van der Waals surface area contributed by atoms with E-state index in [1.54, 1.807) is 13.2 Å². The molecule has 0 saturated carbocycles. The third kappa shape index (κ3) is 3.89. The fourth-order valence-corrected chi connectivity index (χ4v) is 2.78. The van der Waals surface area contributed by atoms with E-state index in [1.807, 2.05) is 13.8 Å². The normalized spacial score (nSPS) is 14.4. The lowest BCUT2D eigenvalue weighted by molar-refractivity contribution is 0.101. The Labute approximate surface area is 108 Å². The van der Waals surface area contributed by atoms with Crippen LogP contribution in [0.5, 0.6) is 0 Å². The first-order chi connectivity index (χ1) is 7.93. The Hall–Kier alpha value is -0.750. The van der Waals surface area contributed by atoms with Crippen molar-refractivity contribution in [1.82, 2.24) is 4.37 Å². The van der Waals surface area contributed by atoms with E-state index < -0.39 is 10.8 Å². The number of hydrogen-bond acceptors (Lipinski definition) is 5. The number of rotatable bonds is 6. The van der Waals surface area contributed by atoms with Crippen LogP contribution in [0.1, 0.15) is 36.3 Å². The fraction of sp³-hybridized carbons (Fsp3) is 0.636. The topological polar surface area (TPSA) is 59.1 Å². The summed E-state index contributed by atoms with van der Waals surface area (Å²) in [7, 11) is -0.796. The predicted octanol–water partition coefficient (Wildman–Crippen LogP) is 2.22. The van der Waals surface area contributed by atoms with Crippen molar-refractivity contribution in [3.05, 3.63) is 11.3 Å². The first-order valence-corrected chi connectivity index (χ1v) is 7.86. The average molecular weight is 274 g/mol. The minimum absolute atomic E-state index is 0.0332. The Morgan fingerprint density at radius 1 is 1.59 bits per heavy atom. The Morgan fingerprint density at radius 3 is 2.76 bits per heavy atom. The SMILES string of the molecule is CC(=O)c1c(C)nsc1NCCC(C)S(C)=O. The highest BCUT2D eigenvalue weighted by Gasteiger charge is 2.14. The van der Waals surface area contributed by atoms with Crippen LogP contribution in [-0.2, 0) is 10.8 Å². The van der Waals surface area contributed by atoms with Crippen molar-refractivity contribution in [2.24, 2.45) is 0 Å². The van der Waals surface area contributed by atoms with Crippen molar-refractivity contribution in [3.63, 3.8) is 0 Å². The van der Waals surface area contributed by atoms with Gasteiger partial charge in [-0.25, -0.2) is 0 Å². The molecule has 0 spiro atoms. The number of hydrogen-bond donors (Lipinski definition) is 1. The summed E-state index contributed by atoms with van der Waals surface area (Å²) >= 11 is 1.31. The lowest BCUT2D eigenvalue weighted by Crippen LogP contribution is -2.15. The van der Waals surface area contributed by atoms with Gasteiger partial charge in [0.05, 0.1) is 11.3 Å². The summed E-state index contributed by atoms with van der Waals surface area (Å²) in [5.74, 6) is 0.0332. The molecule has 1 aromatic heterocycles. The molecule has 4 nitrogen and oxygen atoms in total. The second-order valence-corrected chi connectivity index (χ2v) is 6.63. The van der Waals surface area contributed by atoms with Gasteiger partial charge in [0.25, 0.3) is 0 Å². The highest BCUT2D eigenvalue weighted by molar-refractivity contribution is 7.84. The predicted molar refractivity (Wildman–Crippen MR) is 73.5 cm³/mol. The van der Waals surface area contributed by atoms with Crippen LogP contribution in [0.25, 0.3) is 0 Å². The van der Waals surface area contributed by atoms with Crippen molar-refractivity contribution in [2.75, 3.05) is 18.1 Å². The monoisotopic (exact) mass is 274 g/mol. The Kier molecular flexibility index (Phi) is 5.27. The zero-order valence-corrected chi connectivity index (χ0v) is 12.2. The molecule has 0 bridgehead atoms. The molecule has 1 aromatic rings. The highest BCUT2D eigenvalue weighted by atomic mass is 32.2. The molecule has 0 aromatic carbocycles. The molecule has 0 radical (unpaired) electrons. The summed E-state index contributed by atoms with van der Waals surface area (Å²) in [4.78, 5) is 11.4. The minimum Gasteiger partial charge on any atom is -0.375 e. The van der Waals surface area contributed by atoms with E-state index >= 15 is 0 Å². The molecule has 1 rings (SSSR count). The van der Waals surface area contributed by atoms with E-state index in [9.17, 15) is 9.00 Å². The van der Waals surface area contributed by atoms with Crippen molar-refractivity contribution >= 4 is 33.1 Å². The number of nitrogens with one attached hydrogen (secondary N) is 1. The molecule has 96 valence electrons. The number of carbonyl (C=O) groups is 1. The second kappa shape index (κ2) is 6.26. The van der Waals surface area contributed by atoms with Gasteiger partial charge >= 0.3 is 0 Å². The van der Waals surface area contributed by atoms with E-state index in [2.05, 4.69) is 9.69 Å². The van der Waals surface area contributed by atoms with Gasteiger partial charge in [-0.15, -0.1) is 0 Å². The van der Waals surface area contributed by atoms with Crippen LogP contribution in [-0.4, -0.2) is 32.4 Å². The molecule has 0 fully saturated rings. The van der Waals surface area contributed by atoms with E-state index in [-0.39, 0.29) is 11.0 Å². The average Bonchev–Trinajstić information content (AvgIpc) is 2.59. The molecule has 0 amide bonds. The van der Waals surface area contributed by atoms with Gasteiger partial charge in [0.1, 0.15) is 5.00 Å². The lowest BCUT2D eigenvalue weighted by atomic mass is 10.2. The third-order valence-corrected chi connectivity index (χ3v) is 4.88. The molecule has 0 aliphatic rings. The van der Waals surface area contributed by atoms with Crippen molar-refractivity contribution in [1.29, 1.82) is 0 Å². The minimum atomic E-state index is -0.796. The third-order valence-electron chi connectivity index (χ3n) is 2.62. The molecule has 1 heterocycles. The van der Waals surface area contributed by atoms with Gasteiger partial charge in [0.15, 0.2) is 5.78 Å². The van der Waals surface area contributed by atoms with E-state index in [0.717, 1.165) is 17.1 Å². The van der Waals surface area contributed by atoms with Crippen molar-refractivity contribution in [3.8, 4) is 0 Å². The zero-order chi connectivity index (χ0) is 13.0. The zero-order valence-electron chi connectivity index (χ0n) is 10.6. The summed E-state index contributed by atoms with van der Waals surface area (Å²) in [5.41, 5.74) is 1.46. The molecular formula is C11H18N2O2S2. The molecule has 2 atom stereocenters. The van der Waals surface area contributed by atoms with Crippen LogP contribution < -0.4 is 5.32 Å². The molecule has 0 saturated heterocycles. The van der Waals surface area contributed by atoms with Gasteiger partial charge in [0, 0.05) is 28.9 Å². The van der Waals surface area contributed by atoms with Gasteiger partial charge < -0.3 is 5.32 Å². The maximum Gasteiger partial charge on any atom is 0.164 e. The number of anilines is 1. The van der Waals surface area contributed by atoms with E-state index in [0.29, 0.717) is 12.1 Å². The largest absolute Gasteiger partial charge is 0.375 e. The molecule has 17 heavy (non-hydrogen) atoms. The van der Waals surface area contributed by atoms with Gasteiger partial charge in [-0.1, -0.05) is 6.92 Å². The van der Waals surface area contributed by atoms with Gasteiger partial charge in [-0.3, -0.25) is 9.00 Å². The van der Waals surface area contributed by atoms with Crippen LogP contribution in [0.3, 0.4) is 0 Å². The Balaban J connectivity index is 2.58. The maximum atomic E-state index is 11.4. The van der Waals surface area contributed by atoms with E-state index in [1.165, 1.54) is 11.5 Å². The second-order valence-electron chi connectivity index (χ2n) is 4.05. The number of carbonyl (C=O) groups excluding carboxylic acids is 1. The van der Waals surface area contributed by atoms with Crippen LogP contribution in [0.2, 0.25) is 0 Å². The lowest BCUT2D eigenvalue weighted by Gasteiger charge is -2.09. The summed E-state index contributed by atoms with van der Waals surface area (Å²) in [6.07, 6.45) is 2.53. The summed E-state index contributed by atoms with van der Waals surface area (Å²) in [5, 5.41) is 4.19. The van der Waals surface area contributed by atoms with E-state index in [4.69, 9.17) is 0 Å². The maximum absolute atomic E-state index is 11.4. The summed E-state index contributed by atoms with van der Waals surface area (Å²) in [6.45, 7) is 6.05. The van der Waals surface area contributed by atoms with Crippen molar-refractivity contribution in [2.45, 2.75) is 32.4 Å². The standard InChI is InChI=1S/C11H18N2O2S2/c1-7(17(4)15)5-6-12-11-10(9(3)14)8(2)13-16-11/h7,12H,5-6H2,1-4H3. The number of Topliss-reactive ketones (excluding diaryl/α,β-unsaturated/α-hetero) is 1. The van der Waals surface area contributed by atoms with Crippen LogP contribution in [0.4, 0.5) is 5.00 Å². The summed E-state index contributed by atoms with van der Waals surface area (Å²) < 4.78 is 15.4. The van der Waals surface area contributed by atoms with Crippen LogP contribution in [0, 0.1) is 6.92 Å². The highest BCUT2D eigenvalue weighted by Crippen LogP contribution is 2.24. The summed E-state index contributed by atoms with van der Waals surface area (Å²) in [6, 6.07) is 0. The van der Waals surface area contributed by atoms with Crippen molar-refractivity contribution < 1.29 is 9.00 Å².